The fraction of sp³-hybridized carbons (Fsp3) is 0.300. The van der Waals surface area contributed by atoms with Crippen molar-refractivity contribution in [3.05, 3.63) is 64.2 Å². The normalized spacial score (nSPS) is 10.4. The van der Waals surface area contributed by atoms with Gasteiger partial charge in [0.05, 0.1) is 0 Å². The number of aryl methyl sites for hydroxylation is 2. The lowest BCUT2D eigenvalue weighted by Gasteiger charge is -2.23. The van der Waals surface area contributed by atoms with Gasteiger partial charge in [0.25, 0.3) is 0 Å². The Kier molecular flexibility index (Phi) is 6.59. The monoisotopic (exact) mass is 358 g/mol. The van der Waals surface area contributed by atoms with Crippen LogP contribution in [-0.4, -0.2) is 18.4 Å². The summed E-state index contributed by atoms with van der Waals surface area (Å²) in [4.78, 5) is 25.7. The molecular formula is C20H23ClN2O2. The molecule has 0 spiro atoms. The second-order valence-electron chi connectivity index (χ2n) is 6.11. The summed E-state index contributed by atoms with van der Waals surface area (Å²) in [6.45, 7) is 6.24. The van der Waals surface area contributed by atoms with Gasteiger partial charge in [0.2, 0.25) is 11.8 Å². The number of nitrogens with one attached hydrogen (secondary N) is 1. The van der Waals surface area contributed by atoms with Gasteiger partial charge in [-0.15, -0.1) is 0 Å². The molecule has 0 saturated carbocycles. The summed E-state index contributed by atoms with van der Waals surface area (Å²) in [7, 11) is 0. The number of carbonyl (C=O) groups is 2. The van der Waals surface area contributed by atoms with Crippen molar-refractivity contribution < 1.29 is 9.59 Å². The van der Waals surface area contributed by atoms with E-state index in [0.29, 0.717) is 18.1 Å². The predicted molar refractivity (Wildman–Crippen MR) is 102 cm³/mol. The minimum atomic E-state index is -0.100. The molecule has 0 heterocycles. The molecule has 0 bridgehead atoms. The standard InChI is InChI=1S/C20H23ClN2O2/c1-14-4-6-17(7-5-14)13-22-20(25)10-11-23(16(3)24)19-9-8-18(21)12-15(19)2/h4-9,12H,10-11,13H2,1-3H3,(H,22,25). The second-order valence-corrected chi connectivity index (χ2v) is 6.55. The molecule has 2 aromatic carbocycles. The number of rotatable bonds is 6. The van der Waals surface area contributed by atoms with Crippen LogP contribution < -0.4 is 10.2 Å². The average molecular weight is 359 g/mol. The molecule has 5 heteroatoms. The first-order valence-electron chi connectivity index (χ1n) is 8.23. The molecule has 132 valence electrons. The third kappa shape index (κ3) is 5.61. The van der Waals surface area contributed by atoms with Gasteiger partial charge in [0.15, 0.2) is 0 Å². The highest BCUT2D eigenvalue weighted by atomic mass is 35.5. The van der Waals surface area contributed by atoms with Gasteiger partial charge >= 0.3 is 0 Å². The summed E-state index contributed by atoms with van der Waals surface area (Å²) in [5, 5.41) is 3.52. The van der Waals surface area contributed by atoms with Gasteiger partial charge in [-0.3, -0.25) is 9.59 Å². The van der Waals surface area contributed by atoms with Crippen LogP contribution in [0.15, 0.2) is 42.5 Å². The maximum Gasteiger partial charge on any atom is 0.223 e. The summed E-state index contributed by atoms with van der Waals surface area (Å²) in [6.07, 6.45) is 0.244. The zero-order chi connectivity index (χ0) is 18.4. The summed E-state index contributed by atoms with van der Waals surface area (Å²) in [6, 6.07) is 13.4. The van der Waals surface area contributed by atoms with Crippen molar-refractivity contribution in [3.8, 4) is 0 Å². The van der Waals surface area contributed by atoms with E-state index in [4.69, 9.17) is 11.6 Å². The van der Waals surface area contributed by atoms with Crippen LogP contribution in [0, 0.1) is 13.8 Å². The van der Waals surface area contributed by atoms with Crippen molar-refractivity contribution in [2.45, 2.75) is 33.7 Å². The van der Waals surface area contributed by atoms with Gasteiger partial charge in [-0.1, -0.05) is 41.4 Å². The first kappa shape index (κ1) is 19.0. The Morgan fingerprint density at radius 2 is 1.76 bits per heavy atom. The molecule has 0 aliphatic rings. The molecule has 0 saturated heterocycles. The van der Waals surface area contributed by atoms with E-state index in [1.165, 1.54) is 12.5 Å². The fourth-order valence-electron chi connectivity index (χ4n) is 2.58. The first-order chi connectivity index (χ1) is 11.9. The smallest absolute Gasteiger partial charge is 0.223 e. The lowest BCUT2D eigenvalue weighted by Crippen LogP contribution is -2.34. The first-order valence-corrected chi connectivity index (χ1v) is 8.61. The Bertz CT molecular complexity index is 757. The number of carbonyl (C=O) groups excluding carboxylic acids is 2. The number of hydrogen-bond donors (Lipinski definition) is 1. The molecule has 0 radical (unpaired) electrons. The number of hydrogen-bond acceptors (Lipinski definition) is 2. The van der Waals surface area contributed by atoms with Crippen molar-refractivity contribution >= 4 is 29.1 Å². The summed E-state index contributed by atoms with van der Waals surface area (Å²) >= 11 is 5.97. The summed E-state index contributed by atoms with van der Waals surface area (Å²) in [5.41, 5.74) is 3.92. The molecule has 1 N–H and O–H groups in total. The van der Waals surface area contributed by atoms with Crippen LogP contribution in [0.4, 0.5) is 5.69 Å². The van der Waals surface area contributed by atoms with Crippen LogP contribution in [0.25, 0.3) is 0 Å². The Balaban J connectivity index is 1.93. The van der Waals surface area contributed by atoms with Gasteiger partial charge < -0.3 is 10.2 Å². The maximum atomic E-state index is 12.1. The molecule has 2 rings (SSSR count). The third-order valence-electron chi connectivity index (χ3n) is 4.00. The van der Waals surface area contributed by atoms with Crippen LogP contribution in [0.5, 0.6) is 0 Å². The van der Waals surface area contributed by atoms with Gasteiger partial charge in [0.1, 0.15) is 0 Å². The molecule has 4 nitrogen and oxygen atoms in total. The molecule has 0 atom stereocenters. The van der Waals surface area contributed by atoms with Crippen LogP contribution in [0.2, 0.25) is 5.02 Å². The highest BCUT2D eigenvalue weighted by molar-refractivity contribution is 6.30. The molecule has 2 aromatic rings. The Labute approximate surface area is 153 Å². The Hall–Kier alpha value is -2.33. The van der Waals surface area contributed by atoms with E-state index in [1.54, 1.807) is 11.0 Å². The van der Waals surface area contributed by atoms with Crippen LogP contribution in [0.3, 0.4) is 0 Å². The summed E-state index contributed by atoms with van der Waals surface area (Å²) < 4.78 is 0. The van der Waals surface area contributed by atoms with Crippen molar-refractivity contribution in [3.63, 3.8) is 0 Å². The number of amides is 2. The SMILES string of the molecule is CC(=O)N(CCC(=O)NCc1ccc(C)cc1)c1ccc(Cl)cc1C. The number of benzene rings is 2. The van der Waals surface area contributed by atoms with Gasteiger partial charge in [-0.2, -0.15) is 0 Å². The number of nitrogens with zero attached hydrogens (tertiary/aromatic N) is 1. The molecule has 25 heavy (non-hydrogen) atoms. The van der Waals surface area contributed by atoms with Gasteiger partial charge in [-0.05, 0) is 43.2 Å². The molecular weight excluding hydrogens is 336 g/mol. The van der Waals surface area contributed by atoms with Crippen LogP contribution in [0.1, 0.15) is 30.0 Å². The lowest BCUT2D eigenvalue weighted by molar-refractivity contribution is -0.121. The fourth-order valence-corrected chi connectivity index (χ4v) is 2.80. The molecule has 0 fully saturated rings. The minimum absolute atomic E-state index is 0.0848. The lowest BCUT2D eigenvalue weighted by atomic mass is 10.1. The van der Waals surface area contributed by atoms with Crippen molar-refractivity contribution in [2.75, 3.05) is 11.4 Å². The quantitative estimate of drug-likeness (QED) is 0.848. The summed E-state index contributed by atoms with van der Waals surface area (Å²) in [5.74, 6) is -0.185. The van der Waals surface area contributed by atoms with Gasteiger partial charge in [-0.25, -0.2) is 0 Å². The largest absolute Gasteiger partial charge is 0.352 e. The second kappa shape index (κ2) is 8.67. The number of anilines is 1. The van der Waals surface area contributed by atoms with E-state index in [0.717, 1.165) is 16.8 Å². The third-order valence-corrected chi connectivity index (χ3v) is 4.24. The molecule has 0 aliphatic carbocycles. The maximum absolute atomic E-state index is 12.1. The highest BCUT2D eigenvalue weighted by Crippen LogP contribution is 2.24. The van der Waals surface area contributed by atoms with Crippen molar-refractivity contribution in [2.24, 2.45) is 0 Å². The topological polar surface area (TPSA) is 49.4 Å². The zero-order valence-corrected chi connectivity index (χ0v) is 15.6. The van der Waals surface area contributed by atoms with Crippen LogP contribution >= 0.6 is 11.6 Å². The van der Waals surface area contributed by atoms with E-state index < -0.39 is 0 Å². The predicted octanol–water partition coefficient (Wildman–Crippen LogP) is 4.02. The average Bonchev–Trinajstić information content (AvgIpc) is 2.56. The van der Waals surface area contributed by atoms with E-state index in [1.807, 2.05) is 50.2 Å². The number of halogens is 1. The van der Waals surface area contributed by atoms with Crippen LogP contribution in [-0.2, 0) is 16.1 Å². The molecule has 0 aromatic heterocycles. The van der Waals surface area contributed by atoms with Crippen molar-refractivity contribution in [1.29, 1.82) is 0 Å². The van der Waals surface area contributed by atoms with Crippen molar-refractivity contribution in [1.82, 2.24) is 5.32 Å². The Morgan fingerprint density at radius 3 is 2.36 bits per heavy atom. The zero-order valence-electron chi connectivity index (χ0n) is 14.8. The van der Waals surface area contributed by atoms with E-state index in [9.17, 15) is 9.59 Å². The molecule has 0 unspecified atom stereocenters. The highest BCUT2D eigenvalue weighted by Gasteiger charge is 2.15. The minimum Gasteiger partial charge on any atom is -0.352 e. The van der Waals surface area contributed by atoms with Gasteiger partial charge in [0, 0.05) is 37.1 Å². The molecule has 0 aliphatic heterocycles. The Morgan fingerprint density at radius 1 is 1.08 bits per heavy atom. The van der Waals surface area contributed by atoms with E-state index in [-0.39, 0.29) is 18.2 Å². The van der Waals surface area contributed by atoms with E-state index >= 15 is 0 Å². The molecule has 2 amide bonds. The van der Waals surface area contributed by atoms with E-state index in [2.05, 4.69) is 5.32 Å².